The lowest BCUT2D eigenvalue weighted by atomic mass is 9.99. The van der Waals surface area contributed by atoms with Crippen molar-refractivity contribution in [2.45, 2.75) is 6.42 Å². The summed E-state index contributed by atoms with van der Waals surface area (Å²) < 4.78 is 13.2. The molecule has 0 spiro atoms. The van der Waals surface area contributed by atoms with Crippen molar-refractivity contribution >= 4 is 28.6 Å². The molecular formula is C21H21FN4OS. The minimum atomic E-state index is -0.279. The molecule has 5 nitrogen and oxygen atoms in total. The number of nitrogen functional groups attached to an aromatic ring is 1. The van der Waals surface area contributed by atoms with Crippen LogP contribution >= 0.6 is 11.3 Å². The zero-order valence-electron chi connectivity index (χ0n) is 15.3. The van der Waals surface area contributed by atoms with E-state index in [4.69, 9.17) is 5.73 Å². The smallest absolute Gasteiger partial charge is 0.195 e. The monoisotopic (exact) mass is 396 g/mol. The third kappa shape index (κ3) is 4.05. The number of benzene rings is 2. The summed E-state index contributed by atoms with van der Waals surface area (Å²) in [5.74, 6) is 0.538. The van der Waals surface area contributed by atoms with Gasteiger partial charge in [-0.25, -0.2) is 9.37 Å². The van der Waals surface area contributed by atoms with E-state index < -0.39 is 0 Å². The molecule has 0 unspecified atom stereocenters. The number of hydrogen-bond acceptors (Lipinski definition) is 6. The molecule has 0 bridgehead atoms. The molecule has 0 saturated carbocycles. The van der Waals surface area contributed by atoms with Crippen LogP contribution in [-0.2, 0) is 6.42 Å². The topological polar surface area (TPSA) is 71.2 Å². The third-order valence-corrected chi connectivity index (χ3v) is 5.71. The molecule has 1 aromatic heterocycles. The van der Waals surface area contributed by atoms with Crippen molar-refractivity contribution in [3.8, 4) is 11.1 Å². The zero-order valence-corrected chi connectivity index (χ0v) is 16.1. The molecule has 0 aliphatic carbocycles. The van der Waals surface area contributed by atoms with Crippen molar-refractivity contribution in [2.24, 2.45) is 0 Å². The van der Waals surface area contributed by atoms with Crippen LogP contribution in [0.2, 0.25) is 0 Å². The first-order chi connectivity index (χ1) is 13.6. The molecule has 3 N–H and O–H groups in total. The average molecular weight is 396 g/mol. The van der Waals surface area contributed by atoms with Crippen LogP contribution in [0.1, 0.15) is 15.4 Å². The van der Waals surface area contributed by atoms with Gasteiger partial charge < -0.3 is 16.0 Å². The number of hydrogen-bond donors (Lipinski definition) is 2. The molecule has 2 aromatic carbocycles. The number of Topliss-reactive ketones (excluding diaryl/α,β-unsaturated/α-hetero) is 1. The maximum atomic E-state index is 13.2. The fraction of sp³-hybridized carbons (Fsp3) is 0.238. The van der Waals surface area contributed by atoms with E-state index in [1.165, 1.54) is 23.5 Å². The number of nitrogens with zero attached hydrogens (tertiary/aromatic N) is 2. The molecule has 144 valence electrons. The van der Waals surface area contributed by atoms with E-state index in [1.54, 1.807) is 18.2 Å². The van der Waals surface area contributed by atoms with Crippen LogP contribution < -0.4 is 16.0 Å². The van der Waals surface area contributed by atoms with Crippen LogP contribution in [0.5, 0.6) is 0 Å². The molecule has 1 saturated heterocycles. The highest BCUT2D eigenvalue weighted by atomic mass is 32.1. The van der Waals surface area contributed by atoms with Crippen molar-refractivity contribution in [1.82, 2.24) is 10.3 Å². The van der Waals surface area contributed by atoms with Crippen LogP contribution in [0.4, 0.5) is 15.9 Å². The highest BCUT2D eigenvalue weighted by Gasteiger charge is 2.18. The molecule has 1 aliphatic rings. The molecule has 3 aromatic rings. The number of nitrogens with two attached hydrogens (primary N) is 1. The highest BCUT2D eigenvalue weighted by Crippen LogP contribution is 2.26. The third-order valence-electron chi connectivity index (χ3n) is 4.84. The SMILES string of the molecule is Nc1ccc(-c2ccc(F)cc2)cc1CC(=O)c1nc(N2CCNCC2)cs1. The summed E-state index contributed by atoms with van der Waals surface area (Å²) in [7, 11) is 0. The number of carbonyl (C=O) groups excluding carboxylic acids is 1. The Morgan fingerprint density at radius 1 is 1.14 bits per heavy atom. The summed E-state index contributed by atoms with van der Waals surface area (Å²) >= 11 is 1.37. The maximum absolute atomic E-state index is 13.2. The molecule has 7 heteroatoms. The van der Waals surface area contributed by atoms with Crippen molar-refractivity contribution in [3.05, 3.63) is 64.2 Å². The molecular weight excluding hydrogens is 375 g/mol. The van der Waals surface area contributed by atoms with Gasteiger partial charge in [0.1, 0.15) is 11.6 Å². The Morgan fingerprint density at radius 3 is 2.61 bits per heavy atom. The van der Waals surface area contributed by atoms with Gasteiger partial charge in [0.2, 0.25) is 0 Å². The number of anilines is 2. The summed E-state index contributed by atoms with van der Waals surface area (Å²) in [6.07, 6.45) is 0.190. The van der Waals surface area contributed by atoms with Gasteiger partial charge in [-0.3, -0.25) is 4.79 Å². The Hall–Kier alpha value is -2.77. The van der Waals surface area contributed by atoms with Crippen LogP contribution in [-0.4, -0.2) is 36.9 Å². The van der Waals surface area contributed by atoms with Crippen LogP contribution in [0.25, 0.3) is 11.1 Å². The average Bonchev–Trinajstić information content (AvgIpc) is 3.21. The van der Waals surface area contributed by atoms with Gasteiger partial charge in [0, 0.05) is 43.7 Å². The Labute approximate surface area is 167 Å². The summed E-state index contributed by atoms with van der Waals surface area (Å²) in [6, 6.07) is 11.8. The lowest BCUT2D eigenvalue weighted by Gasteiger charge is -2.27. The first-order valence-electron chi connectivity index (χ1n) is 9.19. The van der Waals surface area contributed by atoms with Gasteiger partial charge in [-0.05, 0) is 41.0 Å². The number of rotatable bonds is 5. The van der Waals surface area contributed by atoms with Crippen LogP contribution in [0, 0.1) is 5.82 Å². The van der Waals surface area contributed by atoms with Crippen molar-refractivity contribution in [2.75, 3.05) is 36.8 Å². The Bertz CT molecular complexity index is 980. The summed E-state index contributed by atoms with van der Waals surface area (Å²) in [5, 5.41) is 5.75. The Balaban J connectivity index is 1.52. The number of aromatic nitrogens is 1. The second kappa shape index (κ2) is 8.08. The number of carbonyl (C=O) groups is 1. The molecule has 0 atom stereocenters. The largest absolute Gasteiger partial charge is 0.398 e. The van der Waals surface area contributed by atoms with Gasteiger partial charge in [0.15, 0.2) is 10.8 Å². The van der Waals surface area contributed by atoms with Gasteiger partial charge >= 0.3 is 0 Å². The standard InChI is InChI=1S/C21H21FN4OS/c22-17-4-1-14(2-5-17)15-3-6-18(23)16(11-15)12-19(27)21-25-20(13-28-21)26-9-7-24-8-10-26/h1-6,11,13,24H,7-10,12,23H2. The van der Waals surface area contributed by atoms with E-state index >= 15 is 0 Å². The molecule has 0 amide bonds. The number of ketones is 1. The van der Waals surface area contributed by atoms with Gasteiger partial charge in [0.25, 0.3) is 0 Å². The second-order valence-corrected chi connectivity index (χ2v) is 7.63. The minimum absolute atomic E-state index is 0.0469. The van der Waals surface area contributed by atoms with E-state index in [2.05, 4.69) is 15.2 Å². The second-order valence-electron chi connectivity index (χ2n) is 6.77. The zero-order chi connectivity index (χ0) is 19.5. The van der Waals surface area contributed by atoms with Crippen molar-refractivity contribution < 1.29 is 9.18 Å². The number of piperazine rings is 1. The summed E-state index contributed by atoms with van der Waals surface area (Å²) in [6.45, 7) is 3.63. The number of thiazole rings is 1. The first-order valence-corrected chi connectivity index (χ1v) is 10.1. The fourth-order valence-corrected chi connectivity index (χ4v) is 4.03. The van der Waals surface area contributed by atoms with Crippen molar-refractivity contribution in [3.63, 3.8) is 0 Å². The minimum Gasteiger partial charge on any atom is -0.398 e. The molecule has 28 heavy (non-hydrogen) atoms. The summed E-state index contributed by atoms with van der Waals surface area (Å²) in [5.41, 5.74) is 9.20. The fourth-order valence-electron chi connectivity index (χ4n) is 3.26. The van der Waals surface area contributed by atoms with Gasteiger partial charge in [-0.1, -0.05) is 18.2 Å². The van der Waals surface area contributed by atoms with E-state index in [1.807, 2.05) is 17.5 Å². The Kier molecular flexibility index (Phi) is 5.36. The van der Waals surface area contributed by atoms with E-state index in [9.17, 15) is 9.18 Å². The van der Waals surface area contributed by atoms with Crippen molar-refractivity contribution in [1.29, 1.82) is 0 Å². The number of halogens is 1. The van der Waals surface area contributed by atoms with E-state index in [0.29, 0.717) is 10.7 Å². The molecule has 1 aliphatic heterocycles. The molecule has 2 heterocycles. The normalized spacial score (nSPS) is 14.2. The molecule has 0 radical (unpaired) electrons. The summed E-state index contributed by atoms with van der Waals surface area (Å²) in [4.78, 5) is 19.5. The predicted molar refractivity (Wildman–Crippen MR) is 111 cm³/mol. The van der Waals surface area contributed by atoms with Gasteiger partial charge in [0.05, 0.1) is 0 Å². The van der Waals surface area contributed by atoms with Crippen LogP contribution in [0.3, 0.4) is 0 Å². The molecule has 1 fully saturated rings. The first kappa shape index (κ1) is 18.6. The lowest BCUT2D eigenvalue weighted by molar-refractivity contribution is 0.0993. The van der Waals surface area contributed by atoms with Crippen LogP contribution in [0.15, 0.2) is 47.8 Å². The molecule has 4 rings (SSSR count). The van der Waals surface area contributed by atoms with E-state index in [-0.39, 0.29) is 18.0 Å². The maximum Gasteiger partial charge on any atom is 0.195 e. The van der Waals surface area contributed by atoms with Gasteiger partial charge in [-0.2, -0.15) is 0 Å². The Morgan fingerprint density at radius 2 is 1.86 bits per heavy atom. The number of nitrogens with one attached hydrogen (secondary N) is 1. The quantitative estimate of drug-likeness (QED) is 0.511. The highest BCUT2D eigenvalue weighted by molar-refractivity contribution is 7.12. The predicted octanol–water partition coefficient (Wildman–Crippen LogP) is 3.37. The van der Waals surface area contributed by atoms with E-state index in [0.717, 1.165) is 48.7 Å². The van der Waals surface area contributed by atoms with Gasteiger partial charge in [-0.15, -0.1) is 11.3 Å². The lowest BCUT2D eigenvalue weighted by Crippen LogP contribution is -2.43.